The van der Waals surface area contributed by atoms with Crippen molar-refractivity contribution in [3.8, 4) is 0 Å². The summed E-state index contributed by atoms with van der Waals surface area (Å²) in [5.74, 6) is 0.698. The summed E-state index contributed by atoms with van der Waals surface area (Å²) in [6, 6.07) is 0. The number of hydrogen-bond acceptors (Lipinski definition) is 14. The molecule has 0 amide bonds. The maximum Gasteiger partial charge on any atom is 1.00 e. The average Bonchev–Trinajstić information content (AvgIpc) is 4.22. The Labute approximate surface area is 469 Å². The second-order valence-corrected chi connectivity index (χ2v) is 21.3. The number of aliphatic carboxylic acids is 1. The molecule has 2 N–H and O–H groups in total. The summed E-state index contributed by atoms with van der Waals surface area (Å²) < 4.78 is 40.9. The number of ether oxygens (including phenoxy) is 4. The van der Waals surface area contributed by atoms with Crippen LogP contribution in [0.15, 0.2) is 23.3 Å². The number of fused-ring (bicyclic) bond motifs is 2. The van der Waals surface area contributed by atoms with Crippen molar-refractivity contribution in [2.45, 2.75) is 215 Å². The summed E-state index contributed by atoms with van der Waals surface area (Å²) >= 11 is 0. The van der Waals surface area contributed by atoms with Crippen LogP contribution in [0, 0.1) is 22.7 Å². The van der Waals surface area contributed by atoms with Gasteiger partial charge in [0.15, 0.2) is 0 Å². The molecule has 71 heavy (non-hydrogen) atoms. The number of rotatable bonds is 17. The molecule has 17 heteroatoms. The first kappa shape index (κ1) is 69.2. The second-order valence-electron chi connectivity index (χ2n) is 19.3. The Morgan fingerprint density at radius 1 is 0.606 bits per heavy atom. The first-order chi connectivity index (χ1) is 33.1. The van der Waals surface area contributed by atoms with E-state index in [0.29, 0.717) is 50.3 Å². The molecule has 7 rings (SSSR count). The minimum absolute atomic E-state index is 0. The van der Waals surface area contributed by atoms with Crippen LogP contribution in [-0.2, 0) is 61.3 Å². The summed E-state index contributed by atoms with van der Waals surface area (Å²) in [4.78, 5) is 65.4. The van der Waals surface area contributed by atoms with Crippen LogP contribution in [0.25, 0.3) is 0 Å². The standard InChI is InChI=1S/C11H18O2.2C10H16O2.C9H14O2.C8H17O5P.C6H10O.K.H2O/c1-2-13-10(12)8-11-6-4-3-5-9(11)7-11;2*1-2-12-10(11)8-9-6-4-3-5-7-9;10-8(11)6-9-4-2-1-3-7(9)5-9;1-4-11-8(9)7-14(10,12-5-2)13-6-3;7-6-4-2-1-3-5-6;;/h9H,2-8H2,1H3;8H,2-7H2,1H3;6H,2-5,7-8H2,1H3;7H,1-6H2,(H,10,11);4-7H2,1-3H3;1-5H2;;1H2/q;;;;;;+1;/p-1. The monoisotopic (exact) mass is 1050 g/mol. The Hall–Kier alpha value is -1.75. The van der Waals surface area contributed by atoms with Gasteiger partial charge in [0, 0.05) is 18.9 Å². The number of allylic oxidation sites excluding steroid dienone is 2. The van der Waals surface area contributed by atoms with E-state index in [0.717, 1.165) is 63.2 Å². The van der Waals surface area contributed by atoms with E-state index < -0.39 is 19.5 Å². The Morgan fingerprint density at radius 3 is 1.52 bits per heavy atom. The predicted octanol–water partition coefficient (Wildman–Crippen LogP) is 9.60. The fourth-order valence-electron chi connectivity index (χ4n) is 10.2. The van der Waals surface area contributed by atoms with Crippen molar-refractivity contribution in [2.75, 3.05) is 45.8 Å². The zero-order chi connectivity index (χ0) is 51.0. The number of Topliss-reactive ketones (excluding diaryl/α,β-unsaturated/α-hetero) is 1. The van der Waals surface area contributed by atoms with Gasteiger partial charge in [-0.2, -0.15) is 0 Å². The van der Waals surface area contributed by atoms with Crippen LogP contribution < -0.4 is 51.4 Å². The van der Waals surface area contributed by atoms with E-state index in [2.05, 4.69) is 10.8 Å². The Kier molecular flexibility index (Phi) is 38.7. The van der Waals surface area contributed by atoms with E-state index in [-0.39, 0.29) is 106 Å². The van der Waals surface area contributed by atoms with Gasteiger partial charge in [0.05, 0.1) is 58.9 Å². The van der Waals surface area contributed by atoms with Crippen LogP contribution in [0.5, 0.6) is 0 Å². The molecule has 0 saturated heterocycles. The molecule has 0 aromatic heterocycles. The van der Waals surface area contributed by atoms with Gasteiger partial charge in [0.2, 0.25) is 0 Å². The van der Waals surface area contributed by atoms with Gasteiger partial charge in [-0.3, -0.25) is 28.5 Å². The molecule has 4 unspecified atom stereocenters. The third kappa shape index (κ3) is 30.4. The third-order valence-corrected chi connectivity index (χ3v) is 15.8. The Balaban J connectivity index is 0.000000830. The third-order valence-electron chi connectivity index (χ3n) is 13.8. The van der Waals surface area contributed by atoms with Crippen LogP contribution >= 0.6 is 7.60 Å². The van der Waals surface area contributed by atoms with Crippen molar-refractivity contribution < 1.29 is 123 Å². The van der Waals surface area contributed by atoms with Gasteiger partial charge in [-0.25, -0.2) is 4.79 Å². The summed E-state index contributed by atoms with van der Waals surface area (Å²) in [6.07, 6.45) is 33.8. The molecule has 4 atom stereocenters. The molecule has 404 valence electrons. The van der Waals surface area contributed by atoms with Crippen molar-refractivity contribution in [2.24, 2.45) is 22.7 Å². The van der Waals surface area contributed by atoms with Crippen molar-refractivity contribution in [3.05, 3.63) is 23.3 Å². The van der Waals surface area contributed by atoms with Gasteiger partial charge < -0.3 is 38.6 Å². The summed E-state index contributed by atoms with van der Waals surface area (Å²) in [5.41, 5.74) is 3.19. The normalized spacial score (nSPS) is 23.3. The Bertz CT molecular complexity index is 1660. The second kappa shape index (κ2) is 39.6. The zero-order valence-electron chi connectivity index (χ0n) is 45.0. The fraction of sp³-hybridized carbons (Fsp3) is 0.815. The number of carboxylic acids is 1. The van der Waals surface area contributed by atoms with Gasteiger partial charge in [-0.15, -0.1) is 0 Å². The zero-order valence-corrected chi connectivity index (χ0v) is 49.0. The largest absolute Gasteiger partial charge is 1.00 e. The number of esters is 4. The number of carboxylic acid groups (broad SMARTS) is 1. The van der Waals surface area contributed by atoms with E-state index in [9.17, 15) is 33.3 Å². The summed E-state index contributed by atoms with van der Waals surface area (Å²) in [5, 5.41) is 8.66. The molecule has 0 heterocycles. The average molecular weight is 1050 g/mol. The van der Waals surface area contributed by atoms with E-state index in [4.69, 9.17) is 28.4 Å². The summed E-state index contributed by atoms with van der Waals surface area (Å²) in [6.45, 7) is 12.9. The molecule has 15 nitrogen and oxygen atoms in total. The maximum absolute atomic E-state index is 11.8. The van der Waals surface area contributed by atoms with Crippen molar-refractivity contribution in [3.63, 3.8) is 0 Å². The van der Waals surface area contributed by atoms with Gasteiger partial charge in [-0.1, -0.05) is 55.7 Å². The van der Waals surface area contributed by atoms with Gasteiger partial charge in [-0.05, 0) is 167 Å². The van der Waals surface area contributed by atoms with Gasteiger partial charge in [0.25, 0.3) is 0 Å². The van der Waals surface area contributed by atoms with Gasteiger partial charge in [0.1, 0.15) is 11.9 Å². The van der Waals surface area contributed by atoms with Crippen LogP contribution in [0.4, 0.5) is 0 Å². The van der Waals surface area contributed by atoms with Crippen molar-refractivity contribution >= 4 is 43.2 Å². The molecule has 0 bridgehead atoms. The molecule has 0 aromatic carbocycles. The number of hydrogen-bond donors (Lipinski definition) is 1. The van der Waals surface area contributed by atoms with E-state index >= 15 is 0 Å². The van der Waals surface area contributed by atoms with Crippen LogP contribution in [0.2, 0.25) is 0 Å². The molecular weight excluding hydrogens is 959 g/mol. The molecule has 0 aliphatic heterocycles. The molecule has 0 spiro atoms. The van der Waals surface area contributed by atoms with E-state index in [1.807, 2.05) is 20.8 Å². The van der Waals surface area contributed by atoms with Crippen LogP contribution in [0.1, 0.15) is 215 Å². The van der Waals surface area contributed by atoms with E-state index in [1.165, 1.54) is 114 Å². The minimum atomic E-state index is -3.28. The SMILES string of the molecule is CCOC(=O)C=C1CCCCC1.CCOC(=O)CC12CCCCC1C2.CCOC(=O)CC1=CCCCC1.CCOC(=O)CP(=O)(OCC)OCC.O=C(O)CC12CCCCC1C2.O=C1CCCCC1.[K+].[OH-]. The first-order valence-electron chi connectivity index (χ1n) is 26.7. The molecule has 0 radical (unpaired) electrons. The predicted molar refractivity (Wildman–Crippen MR) is 270 cm³/mol. The molecule has 6 fully saturated rings. The van der Waals surface area contributed by atoms with Crippen LogP contribution in [-0.4, -0.2) is 92.0 Å². The molecule has 7 aliphatic rings. The quantitative estimate of drug-likeness (QED) is 0.0357. The molecule has 7 aliphatic carbocycles. The summed E-state index contributed by atoms with van der Waals surface area (Å²) in [7, 11) is -3.28. The topological polar surface area (TPSA) is 225 Å². The number of carbonyl (C=O) groups is 6. The number of carbonyl (C=O) groups excluding carboxylic acids is 5. The first-order valence-corrected chi connectivity index (χ1v) is 28.5. The van der Waals surface area contributed by atoms with Crippen LogP contribution in [0.3, 0.4) is 0 Å². The van der Waals surface area contributed by atoms with E-state index in [1.54, 1.807) is 26.8 Å². The fourth-order valence-corrected chi connectivity index (χ4v) is 11.7. The maximum atomic E-state index is 11.8. The Morgan fingerprint density at radius 2 is 1.08 bits per heavy atom. The molecule has 0 aromatic rings. The smallest absolute Gasteiger partial charge is 0.870 e. The molecular formula is C54H92KO15P. The van der Waals surface area contributed by atoms with Crippen molar-refractivity contribution in [1.29, 1.82) is 0 Å². The van der Waals surface area contributed by atoms with Crippen molar-refractivity contribution in [1.82, 2.24) is 0 Å². The van der Waals surface area contributed by atoms with Gasteiger partial charge >= 0.3 is 88.8 Å². The molecule has 6 saturated carbocycles. The number of ketones is 1. The minimum Gasteiger partial charge on any atom is -0.870 e.